The molecule has 96 valence electrons. The van der Waals surface area contributed by atoms with Crippen LogP contribution in [0.3, 0.4) is 0 Å². The lowest BCUT2D eigenvalue weighted by molar-refractivity contribution is -0.111. The summed E-state index contributed by atoms with van der Waals surface area (Å²) >= 11 is 0.528. The summed E-state index contributed by atoms with van der Waals surface area (Å²) in [5, 5.41) is 2.27. The number of terminal acetylenes is 1. The second-order valence-electron chi connectivity index (χ2n) is 3.53. The first-order chi connectivity index (χ1) is 8.93. The van der Waals surface area contributed by atoms with Gasteiger partial charge < -0.3 is 11.1 Å². The lowest BCUT2D eigenvalue weighted by atomic mass is 10.4. The average Bonchev–Trinajstić information content (AvgIpc) is 2.38. The summed E-state index contributed by atoms with van der Waals surface area (Å²) in [6.07, 6.45) is 5.09. The molecular formula is C11H11AlN4O3. The maximum Gasteiger partial charge on any atom is 0.333 e. The fourth-order valence-corrected chi connectivity index (χ4v) is 1.62. The maximum absolute atomic E-state index is 12.0. The van der Waals surface area contributed by atoms with E-state index in [1.165, 1.54) is 7.05 Å². The number of nitrogen functional groups attached to an aromatic ring is 1. The van der Waals surface area contributed by atoms with E-state index in [1.807, 2.05) is 0 Å². The number of hydrogen-bond donors (Lipinski definition) is 2. The molecule has 0 aromatic carbocycles. The van der Waals surface area contributed by atoms with Crippen LogP contribution in [0.2, 0.25) is 0 Å². The third-order valence-electron chi connectivity index (χ3n) is 2.32. The van der Waals surface area contributed by atoms with Gasteiger partial charge in [0.15, 0.2) is 0 Å². The first kappa shape index (κ1) is 14.7. The summed E-state index contributed by atoms with van der Waals surface area (Å²) in [5.74, 6) is 3.65. The summed E-state index contributed by atoms with van der Waals surface area (Å²) in [6.45, 7) is -0.207. The molecule has 0 bridgehead atoms. The zero-order chi connectivity index (χ0) is 14.6. The molecular weight excluding hydrogens is 263 g/mol. The molecule has 0 saturated heterocycles. The van der Waals surface area contributed by atoms with Crippen LogP contribution in [0.1, 0.15) is 0 Å². The first-order valence-corrected chi connectivity index (χ1v) is 6.20. The second-order valence-corrected chi connectivity index (χ2v) is 4.03. The Morgan fingerprint density at radius 3 is 2.68 bits per heavy atom. The highest BCUT2D eigenvalue weighted by Crippen LogP contribution is 2.08. The van der Waals surface area contributed by atoms with Crippen LogP contribution < -0.4 is 22.3 Å². The van der Waals surface area contributed by atoms with Crippen LogP contribution in [0.15, 0.2) is 9.59 Å². The molecule has 19 heavy (non-hydrogen) atoms. The maximum atomic E-state index is 12.0. The highest BCUT2D eigenvalue weighted by molar-refractivity contribution is 6.25. The molecule has 1 amide bonds. The molecule has 7 nitrogen and oxygen atoms in total. The number of aromatic nitrogens is 2. The molecule has 3 N–H and O–H groups in total. The van der Waals surface area contributed by atoms with E-state index in [-0.39, 0.29) is 18.1 Å². The van der Waals surface area contributed by atoms with Crippen LogP contribution in [-0.2, 0) is 18.4 Å². The van der Waals surface area contributed by atoms with Gasteiger partial charge in [-0.05, 0) is 5.92 Å². The Kier molecular flexibility index (Phi) is 4.61. The first-order valence-electron chi connectivity index (χ1n) is 5.20. The van der Waals surface area contributed by atoms with E-state index in [1.54, 1.807) is 0 Å². The molecule has 0 radical (unpaired) electrons. The van der Waals surface area contributed by atoms with E-state index in [9.17, 15) is 14.4 Å². The topological polar surface area (TPSA) is 99.1 Å². The molecule has 1 heterocycles. The van der Waals surface area contributed by atoms with E-state index in [4.69, 9.17) is 12.2 Å². The van der Waals surface area contributed by atoms with E-state index < -0.39 is 17.2 Å². The molecule has 1 rings (SSSR count). The minimum Gasteiger partial charge on any atom is -0.383 e. The van der Waals surface area contributed by atoms with Gasteiger partial charge in [0.05, 0.1) is 6.54 Å². The number of nitrogens with zero attached hydrogens (tertiary/aromatic N) is 2. The number of nitrogens with one attached hydrogen (secondary N) is 1. The Balaban J connectivity index is 3.52. The molecule has 0 unspecified atom stereocenters. The number of nitrogens with two attached hydrogens (primary N) is 1. The Bertz CT molecular complexity index is 743. The van der Waals surface area contributed by atoms with E-state index in [0.29, 0.717) is 16.3 Å². The van der Waals surface area contributed by atoms with Crippen molar-refractivity contribution in [2.45, 2.75) is 6.54 Å². The standard InChI is InChI=1S/C11H9N4O3.Al.2H/c1-4-6-15-10(17)8(13-7(16)5-2)9(12)14(3)11(15)18;;;/h1H,6,12H2,3H3,(H,13,16);;;. The lowest BCUT2D eigenvalue weighted by Gasteiger charge is -2.12. The average molecular weight is 274 g/mol. The number of carbonyl (C=O) groups excluding carboxylic acids is 1. The Labute approximate surface area is 116 Å². The highest BCUT2D eigenvalue weighted by atomic mass is 27.0. The zero-order valence-electron chi connectivity index (χ0n) is 10.5. The summed E-state index contributed by atoms with van der Waals surface area (Å²) in [6, 6.07) is 0. The van der Waals surface area contributed by atoms with Crippen molar-refractivity contribution in [2.24, 2.45) is 7.05 Å². The van der Waals surface area contributed by atoms with Gasteiger partial charge in [0.25, 0.3) is 11.5 Å². The number of amides is 1. The monoisotopic (exact) mass is 274 g/mol. The van der Waals surface area contributed by atoms with Crippen LogP contribution in [0.4, 0.5) is 11.5 Å². The van der Waals surface area contributed by atoms with Crippen molar-refractivity contribution in [1.82, 2.24) is 9.13 Å². The van der Waals surface area contributed by atoms with Crippen LogP contribution in [0, 0.1) is 23.0 Å². The van der Waals surface area contributed by atoms with Crippen molar-refractivity contribution in [3.05, 3.63) is 20.8 Å². The van der Waals surface area contributed by atoms with Gasteiger partial charge in [0, 0.05) is 7.05 Å². The van der Waals surface area contributed by atoms with Crippen molar-refractivity contribution in [3.8, 4) is 23.0 Å². The zero-order valence-corrected chi connectivity index (χ0v) is 12.5. The predicted octanol–water partition coefficient (Wildman–Crippen LogP) is -2.71. The lowest BCUT2D eigenvalue weighted by Crippen LogP contribution is -2.41. The summed E-state index contributed by atoms with van der Waals surface area (Å²) in [7, 11) is 1.37. The van der Waals surface area contributed by atoms with Gasteiger partial charge in [-0.2, -0.15) is 0 Å². The van der Waals surface area contributed by atoms with Crippen molar-refractivity contribution in [1.29, 1.82) is 0 Å². The van der Waals surface area contributed by atoms with Crippen molar-refractivity contribution >= 4 is 33.7 Å². The molecule has 0 atom stereocenters. The number of rotatable bonds is 2. The Morgan fingerprint density at radius 2 is 2.16 bits per heavy atom. The number of carbonyl (C=O) groups is 1. The van der Waals surface area contributed by atoms with Gasteiger partial charge in [-0.15, -0.1) is 6.42 Å². The Hall–Kier alpha value is -2.40. The van der Waals surface area contributed by atoms with Gasteiger partial charge in [0.1, 0.15) is 11.5 Å². The summed E-state index contributed by atoms with van der Waals surface area (Å²) < 4.78 is 1.84. The fourth-order valence-electron chi connectivity index (χ4n) is 1.39. The summed E-state index contributed by atoms with van der Waals surface area (Å²) in [4.78, 5) is 37.7. The Morgan fingerprint density at radius 1 is 1.53 bits per heavy atom. The van der Waals surface area contributed by atoms with Crippen LogP contribution >= 0.6 is 0 Å². The summed E-state index contributed by atoms with van der Waals surface area (Å²) in [5.41, 5.74) is 4.04. The molecule has 0 aliphatic rings. The van der Waals surface area contributed by atoms with Crippen LogP contribution in [0.25, 0.3) is 0 Å². The molecule has 0 aliphatic carbocycles. The highest BCUT2D eigenvalue weighted by Gasteiger charge is 2.16. The SMILES string of the molecule is C#CCn1c(=O)c(NC(=O)C#[C][AlH2])c(N)n(C)c1=O. The second kappa shape index (κ2) is 5.97. The third-order valence-corrected chi connectivity index (χ3v) is 2.57. The molecule has 0 fully saturated rings. The van der Waals surface area contributed by atoms with E-state index in [0.717, 1.165) is 9.13 Å². The molecule has 0 aliphatic heterocycles. The van der Waals surface area contributed by atoms with Gasteiger partial charge >= 0.3 is 22.0 Å². The molecule has 0 saturated carbocycles. The molecule has 0 spiro atoms. The largest absolute Gasteiger partial charge is 0.383 e. The van der Waals surface area contributed by atoms with Crippen molar-refractivity contribution < 1.29 is 4.79 Å². The fraction of sp³-hybridized carbons (Fsp3) is 0.182. The minimum atomic E-state index is -0.748. The molecule has 1 aromatic heterocycles. The number of anilines is 2. The van der Waals surface area contributed by atoms with Gasteiger partial charge in [-0.25, -0.2) is 14.1 Å². The van der Waals surface area contributed by atoms with E-state index >= 15 is 0 Å². The van der Waals surface area contributed by atoms with Crippen molar-refractivity contribution in [2.75, 3.05) is 11.1 Å². The smallest absolute Gasteiger partial charge is 0.333 e. The van der Waals surface area contributed by atoms with Gasteiger partial charge in [-0.3, -0.25) is 14.2 Å². The van der Waals surface area contributed by atoms with Gasteiger partial charge in [-0.1, -0.05) is 5.92 Å². The van der Waals surface area contributed by atoms with Crippen molar-refractivity contribution in [3.63, 3.8) is 0 Å². The molecule has 1 aromatic rings. The predicted molar refractivity (Wildman–Crippen MR) is 74.1 cm³/mol. The molecule has 8 heteroatoms. The quantitative estimate of drug-likeness (QED) is 0.452. The normalized spacial score (nSPS) is 9.05. The van der Waals surface area contributed by atoms with E-state index in [2.05, 4.69) is 21.9 Å². The van der Waals surface area contributed by atoms with Gasteiger partial charge in [0.2, 0.25) is 0 Å². The minimum absolute atomic E-state index is 0.147. The third kappa shape index (κ3) is 2.89. The van der Waals surface area contributed by atoms with Crippen LogP contribution in [-0.4, -0.2) is 31.3 Å². The van der Waals surface area contributed by atoms with Crippen LogP contribution in [0.5, 0.6) is 0 Å². The number of hydrogen-bond acceptors (Lipinski definition) is 4.